The number of nitrogens with one attached hydrogen (secondary N) is 3. The molecule has 0 aliphatic carbocycles. The van der Waals surface area contributed by atoms with E-state index >= 15 is 0 Å². The lowest BCUT2D eigenvalue weighted by molar-refractivity contribution is -0.123. The molecule has 0 radical (unpaired) electrons. The van der Waals surface area contributed by atoms with Crippen molar-refractivity contribution in [1.29, 1.82) is 0 Å². The number of imide groups is 1. The SMILES string of the molecule is CN1CCN(C2N=c3ccccc3=C(C3=C(c4c[nH]c5ccccc45)C(=O)NC3=O)N2)CC1. The molecule has 33 heavy (non-hydrogen) atoms. The second-order valence-corrected chi connectivity index (χ2v) is 8.66. The minimum atomic E-state index is -0.392. The van der Waals surface area contributed by atoms with Gasteiger partial charge >= 0.3 is 0 Å². The number of para-hydroxylation sites is 2. The fraction of sp³-hybridized carbons (Fsp3) is 0.240. The lowest BCUT2D eigenvalue weighted by Crippen LogP contribution is -2.56. The zero-order valence-corrected chi connectivity index (χ0v) is 18.3. The van der Waals surface area contributed by atoms with E-state index < -0.39 is 5.91 Å². The molecular weight excluding hydrogens is 416 g/mol. The van der Waals surface area contributed by atoms with E-state index in [1.165, 1.54) is 0 Å². The van der Waals surface area contributed by atoms with Crippen LogP contribution in [0.3, 0.4) is 0 Å². The molecule has 6 rings (SSSR count). The first kappa shape index (κ1) is 19.9. The number of piperazine rings is 1. The van der Waals surface area contributed by atoms with Gasteiger partial charge in [-0.2, -0.15) is 0 Å². The molecule has 2 aromatic carbocycles. The predicted molar refractivity (Wildman–Crippen MR) is 125 cm³/mol. The molecule has 8 nitrogen and oxygen atoms in total. The van der Waals surface area contributed by atoms with E-state index in [1.807, 2.05) is 48.5 Å². The number of hydrogen-bond acceptors (Lipinski definition) is 6. The maximum absolute atomic E-state index is 13.1. The maximum Gasteiger partial charge on any atom is 0.261 e. The monoisotopic (exact) mass is 440 g/mol. The van der Waals surface area contributed by atoms with Crippen molar-refractivity contribution in [2.45, 2.75) is 6.29 Å². The number of aromatic nitrogens is 1. The van der Waals surface area contributed by atoms with Gasteiger partial charge in [0.05, 0.1) is 22.2 Å². The third-order valence-corrected chi connectivity index (χ3v) is 6.63. The van der Waals surface area contributed by atoms with Crippen molar-refractivity contribution >= 4 is 34.0 Å². The molecule has 3 aromatic rings. The minimum Gasteiger partial charge on any atom is -0.361 e. The Morgan fingerprint density at radius 1 is 0.909 bits per heavy atom. The quantitative estimate of drug-likeness (QED) is 0.504. The first-order valence-electron chi connectivity index (χ1n) is 11.1. The molecule has 1 fully saturated rings. The van der Waals surface area contributed by atoms with E-state index in [1.54, 1.807) is 6.20 Å². The van der Waals surface area contributed by atoms with Crippen molar-refractivity contribution in [3.8, 4) is 0 Å². The predicted octanol–water partition coefficient (Wildman–Crippen LogP) is 0.140. The average molecular weight is 441 g/mol. The lowest BCUT2D eigenvalue weighted by Gasteiger charge is -2.38. The fourth-order valence-corrected chi connectivity index (χ4v) is 4.84. The highest BCUT2D eigenvalue weighted by atomic mass is 16.2. The zero-order chi connectivity index (χ0) is 22.5. The Hall–Kier alpha value is -3.75. The Balaban J connectivity index is 1.55. The van der Waals surface area contributed by atoms with Crippen molar-refractivity contribution in [1.82, 2.24) is 25.4 Å². The van der Waals surface area contributed by atoms with E-state index in [4.69, 9.17) is 4.99 Å². The molecule has 3 N–H and O–H groups in total. The molecule has 166 valence electrons. The van der Waals surface area contributed by atoms with E-state index in [0.29, 0.717) is 16.8 Å². The van der Waals surface area contributed by atoms with E-state index in [0.717, 1.165) is 53.2 Å². The Bertz CT molecular complexity index is 1440. The molecule has 2 amide bonds. The van der Waals surface area contributed by atoms with Crippen LogP contribution in [0.25, 0.3) is 22.2 Å². The summed E-state index contributed by atoms with van der Waals surface area (Å²) in [6, 6.07) is 15.5. The standard InChI is InChI=1S/C25H24N6O2/c1-30-10-12-31(13-11-30)25-27-19-9-5-3-7-16(19)22(28-25)21-20(23(32)29-24(21)33)17-14-26-18-8-4-2-6-15(17)18/h2-9,14,25-26,28H,10-13H2,1H3,(H,29,32,33). The topological polar surface area (TPSA) is 92.8 Å². The molecule has 0 saturated carbocycles. The molecule has 0 spiro atoms. The highest BCUT2D eigenvalue weighted by molar-refractivity contribution is 6.40. The van der Waals surface area contributed by atoms with Crippen LogP contribution < -0.4 is 21.2 Å². The van der Waals surface area contributed by atoms with Crippen molar-refractivity contribution in [3.63, 3.8) is 0 Å². The van der Waals surface area contributed by atoms with Gasteiger partial charge in [0.1, 0.15) is 0 Å². The average Bonchev–Trinajstić information content (AvgIpc) is 3.38. The van der Waals surface area contributed by atoms with Gasteiger partial charge in [0.25, 0.3) is 11.8 Å². The van der Waals surface area contributed by atoms with Gasteiger partial charge in [0, 0.05) is 54.1 Å². The number of hydrogen-bond donors (Lipinski definition) is 3. The molecule has 8 heteroatoms. The number of rotatable bonds is 3. The zero-order valence-electron chi connectivity index (χ0n) is 18.3. The Labute approximate surface area is 190 Å². The number of H-pyrrole nitrogens is 1. The summed E-state index contributed by atoms with van der Waals surface area (Å²) in [5, 5.41) is 8.56. The van der Waals surface area contributed by atoms with E-state index in [2.05, 4.69) is 32.5 Å². The molecule has 1 saturated heterocycles. The fourth-order valence-electron chi connectivity index (χ4n) is 4.84. The lowest BCUT2D eigenvalue weighted by atomic mass is 9.97. The number of aromatic amines is 1. The summed E-state index contributed by atoms with van der Waals surface area (Å²) in [5.74, 6) is -0.776. The maximum atomic E-state index is 13.1. The first-order valence-corrected chi connectivity index (χ1v) is 11.1. The van der Waals surface area contributed by atoms with Gasteiger partial charge in [-0.15, -0.1) is 0 Å². The van der Waals surface area contributed by atoms with Crippen molar-refractivity contribution < 1.29 is 9.59 Å². The van der Waals surface area contributed by atoms with Gasteiger partial charge in [0.2, 0.25) is 0 Å². The van der Waals surface area contributed by atoms with Gasteiger partial charge < -0.3 is 15.2 Å². The van der Waals surface area contributed by atoms with Gasteiger partial charge in [-0.1, -0.05) is 36.4 Å². The molecule has 1 unspecified atom stereocenters. The third-order valence-electron chi connectivity index (χ3n) is 6.63. The number of amides is 2. The van der Waals surface area contributed by atoms with Crippen LogP contribution in [0.5, 0.6) is 0 Å². The normalized spacial score (nSPS) is 21.7. The summed E-state index contributed by atoms with van der Waals surface area (Å²) in [6.07, 6.45) is 1.50. The summed E-state index contributed by atoms with van der Waals surface area (Å²) in [6.45, 7) is 3.64. The molecular formula is C25H24N6O2. The molecule has 0 bridgehead atoms. The van der Waals surface area contributed by atoms with E-state index in [9.17, 15) is 9.59 Å². The molecule has 4 heterocycles. The van der Waals surface area contributed by atoms with Crippen molar-refractivity contribution in [2.24, 2.45) is 4.99 Å². The Morgan fingerprint density at radius 3 is 2.48 bits per heavy atom. The van der Waals surface area contributed by atoms with Gasteiger partial charge in [0.15, 0.2) is 6.29 Å². The summed E-state index contributed by atoms with van der Waals surface area (Å²) in [4.78, 5) is 38.9. The molecule has 1 aromatic heterocycles. The minimum absolute atomic E-state index is 0.302. The summed E-state index contributed by atoms with van der Waals surface area (Å²) >= 11 is 0. The Morgan fingerprint density at radius 2 is 1.64 bits per heavy atom. The summed E-state index contributed by atoms with van der Waals surface area (Å²) in [7, 11) is 2.11. The van der Waals surface area contributed by atoms with Crippen LogP contribution >= 0.6 is 0 Å². The highest BCUT2D eigenvalue weighted by Gasteiger charge is 2.37. The van der Waals surface area contributed by atoms with Crippen LogP contribution in [0, 0.1) is 0 Å². The van der Waals surface area contributed by atoms with Crippen LogP contribution in [-0.2, 0) is 9.59 Å². The number of benzene rings is 2. The number of carbonyl (C=O) groups excluding carboxylic acids is 2. The van der Waals surface area contributed by atoms with Crippen molar-refractivity contribution in [2.75, 3.05) is 33.2 Å². The van der Waals surface area contributed by atoms with Crippen LogP contribution in [-0.4, -0.2) is 66.1 Å². The smallest absolute Gasteiger partial charge is 0.261 e. The second kappa shape index (κ2) is 7.68. The third kappa shape index (κ3) is 3.26. The second-order valence-electron chi connectivity index (χ2n) is 8.66. The van der Waals surface area contributed by atoms with Crippen LogP contribution in [0.1, 0.15) is 5.56 Å². The number of nitrogens with zero attached hydrogens (tertiary/aromatic N) is 3. The first-order chi connectivity index (χ1) is 16.1. The van der Waals surface area contributed by atoms with Gasteiger partial charge in [-0.3, -0.25) is 19.8 Å². The van der Waals surface area contributed by atoms with Crippen LogP contribution in [0.2, 0.25) is 0 Å². The Kier molecular flexibility index (Phi) is 4.63. The van der Waals surface area contributed by atoms with Gasteiger partial charge in [-0.05, 0) is 19.2 Å². The number of fused-ring (bicyclic) bond motifs is 2. The molecule has 3 aliphatic rings. The van der Waals surface area contributed by atoms with Crippen molar-refractivity contribution in [3.05, 3.63) is 76.4 Å². The van der Waals surface area contributed by atoms with Crippen LogP contribution in [0.4, 0.5) is 0 Å². The number of likely N-dealkylation sites (N-methyl/N-ethyl adjacent to an activating group) is 1. The highest BCUT2D eigenvalue weighted by Crippen LogP contribution is 2.33. The molecule has 1 atom stereocenters. The largest absolute Gasteiger partial charge is 0.361 e. The van der Waals surface area contributed by atoms with Gasteiger partial charge in [-0.25, -0.2) is 4.99 Å². The summed E-state index contributed by atoms with van der Waals surface area (Å²) in [5.41, 5.74) is 3.03. The number of carbonyl (C=O) groups is 2. The van der Waals surface area contributed by atoms with E-state index in [-0.39, 0.29) is 12.2 Å². The van der Waals surface area contributed by atoms with Crippen LogP contribution in [0.15, 0.2) is 65.3 Å². The molecule has 3 aliphatic heterocycles. The summed E-state index contributed by atoms with van der Waals surface area (Å²) < 4.78 is 0.